The highest BCUT2D eigenvalue weighted by atomic mass is 16.6. The first-order chi connectivity index (χ1) is 9.24. The fraction of sp³-hybridized carbons (Fsp3) is 0.375. The summed E-state index contributed by atoms with van der Waals surface area (Å²) in [4.78, 5) is 23.0. The van der Waals surface area contributed by atoms with E-state index in [9.17, 15) is 9.59 Å². The van der Waals surface area contributed by atoms with Crippen molar-refractivity contribution in [3.8, 4) is 0 Å². The fourth-order valence-electron chi connectivity index (χ4n) is 2.14. The third-order valence-corrected chi connectivity index (χ3v) is 3.25. The number of ether oxygens (including phenoxy) is 1. The lowest BCUT2D eigenvalue weighted by Crippen LogP contribution is -2.13. The maximum absolute atomic E-state index is 11.5. The smallest absolute Gasteiger partial charge is 0.313 e. The molecule has 3 heteroatoms. The Bertz CT molecular complexity index is 389. The number of rotatable bonds is 6. The number of carbonyl (C=O) groups excluding carboxylic acids is 2. The number of hydrogen-bond acceptors (Lipinski definition) is 3. The van der Waals surface area contributed by atoms with Gasteiger partial charge in [-0.15, -0.1) is 0 Å². The minimum atomic E-state index is -0.420. The van der Waals surface area contributed by atoms with Crippen LogP contribution in [-0.2, 0) is 14.3 Å². The number of hydrogen-bond donors (Lipinski definition) is 0. The van der Waals surface area contributed by atoms with Crippen molar-refractivity contribution in [1.29, 1.82) is 0 Å². The van der Waals surface area contributed by atoms with E-state index in [1.165, 1.54) is 0 Å². The summed E-state index contributed by atoms with van der Waals surface area (Å²) >= 11 is 0. The number of esters is 2. The highest BCUT2D eigenvalue weighted by molar-refractivity contribution is 5.85. The van der Waals surface area contributed by atoms with Crippen molar-refractivity contribution in [3.05, 3.63) is 48.6 Å². The minimum Gasteiger partial charge on any atom is -0.393 e. The van der Waals surface area contributed by atoms with E-state index >= 15 is 0 Å². The monoisotopic (exact) mass is 258 g/mol. The fourth-order valence-corrected chi connectivity index (χ4v) is 2.14. The average molecular weight is 258 g/mol. The second-order valence-electron chi connectivity index (χ2n) is 4.79. The predicted octanol–water partition coefficient (Wildman–Crippen LogP) is 3.10. The van der Waals surface area contributed by atoms with E-state index < -0.39 is 11.9 Å². The summed E-state index contributed by atoms with van der Waals surface area (Å²) in [6.45, 7) is 0. The molecule has 0 N–H and O–H groups in total. The predicted molar refractivity (Wildman–Crippen MR) is 73.1 cm³/mol. The summed E-state index contributed by atoms with van der Waals surface area (Å²) in [6, 6.07) is 0. The quantitative estimate of drug-likeness (QED) is 0.543. The van der Waals surface area contributed by atoms with Crippen molar-refractivity contribution < 1.29 is 14.3 Å². The molecular formula is C16H18O3. The summed E-state index contributed by atoms with van der Waals surface area (Å²) in [5.41, 5.74) is 0. The Kier molecular flexibility index (Phi) is 4.90. The van der Waals surface area contributed by atoms with Gasteiger partial charge in [-0.2, -0.15) is 0 Å². The largest absolute Gasteiger partial charge is 0.393 e. The van der Waals surface area contributed by atoms with Gasteiger partial charge in [-0.1, -0.05) is 48.6 Å². The molecule has 0 aromatic carbocycles. The van der Waals surface area contributed by atoms with Crippen molar-refractivity contribution in [2.24, 2.45) is 11.8 Å². The second kappa shape index (κ2) is 6.88. The third kappa shape index (κ3) is 4.70. The van der Waals surface area contributed by atoms with E-state index in [1.54, 1.807) is 0 Å². The van der Waals surface area contributed by atoms with Gasteiger partial charge in [0, 0.05) is 12.8 Å². The first-order valence-corrected chi connectivity index (χ1v) is 6.67. The Balaban J connectivity index is 1.59. The van der Waals surface area contributed by atoms with E-state index in [0.717, 1.165) is 0 Å². The molecule has 2 aliphatic rings. The molecular weight excluding hydrogens is 240 g/mol. The van der Waals surface area contributed by atoms with Crippen LogP contribution in [0.4, 0.5) is 0 Å². The first-order valence-electron chi connectivity index (χ1n) is 6.67. The van der Waals surface area contributed by atoms with Gasteiger partial charge in [0.25, 0.3) is 0 Å². The molecule has 3 nitrogen and oxygen atoms in total. The zero-order chi connectivity index (χ0) is 13.5. The van der Waals surface area contributed by atoms with Gasteiger partial charge in [0.05, 0.1) is 0 Å². The molecule has 100 valence electrons. The molecule has 0 radical (unpaired) electrons. The van der Waals surface area contributed by atoms with Crippen molar-refractivity contribution in [1.82, 2.24) is 0 Å². The van der Waals surface area contributed by atoms with E-state index in [1.807, 2.05) is 48.6 Å². The molecule has 0 fully saturated rings. The zero-order valence-electron chi connectivity index (χ0n) is 10.8. The summed E-state index contributed by atoms with van der Waals surface area (Å²) in [5, 5.41) is 0. The number of allylic oxidation sites excluding steroid dienone is 8. The lowest BCUT2D eigenvalue weighted by Gasteiger charge is -2.06. The molecule has 19 heavy (non-hydrogen) atoms. The summed E-state index contributed by atoms with van der Waals surface area (Å²) < 4.78 is 4.80. The topological polar surface area (TPSA) is 43.4 Å². The Hall–Kier alpha value is -1.90. The SMILES string of the molecule is O=C(CCC1C=CC=C1)OC(=O)CCC1C=CC=C1. The van der Waals surface area contributed by atoms with Gasteiger partial charge in [-0.3, -0.25) is 9.59 Å². The lowest BCUT2D eigenvalue weighted by molar-refractivity contribution is -0.159. The van der Waals surface area contributed by atoms with Crippen molar-refractivity contribution >= 4 is 11.9 Å². The third-order valence-electron chi connectivity index (χ3n) is 3.25. The Morgan fingerprint density at radius 2 is 1.11 bits per heavy atom. The van der Waals surface area contributed by atoms with Gasteiger partial charge in [0.15, 0.2) is 0 Å². The van der Waals surface area contributed by atoms with Gasteiger partial charge in [-0.05, 0) is 24.7 Å². The highest BCUT2D eigenvalue weighted by Gasteiger charge is 2.14. The first kappa shape index (κ1) is 13.5. The van der Waals surface area contributed by atoms with Gasteiger partial charge in [0.1, 0.15) is 0 Å². The van der Waals surface area contributed by atoms with Crippen LogP contribution in [0.2, 0.25) is 0 Å². The van der Waals surface area contributed by atoms with Crippen molar-refractivity contribution in [2.75, 3.05) is 0 Å². The minimum absolute atomic E-state index is 0.286. The van der Waals surface area contributed by atoms with Gasteiger partial charge >= 0.3 is 11.9 Å². The van der Waals surface area contributed by atoms with Crippen LogP contribution < -0.4 is 0 Å². The summed E-state index contributed by atoms with van der Waals surface area (Å²) in [5.74, 6) is -0.236. The van der Waals surface area contributed by atoms with E-state index in [0.29, 0.717) is 24.7 Å². The lowest BCUT2D eigenvalue weighted by atomic mass is 10.1. The molecule has 0 aliphatic heterocycles. The van der Waals surface area contributed by atoms with Crippen molar-refractivity contribution in [3.63, 3.8) is 0 Å². The molecule has 0 saturated heterocycles. The molecule has 0 unspecified atom stereocenters. The van der Waals surface area contributed by atoms with Crippen LogP contribution in [-0.4, -0.2) is 11.9 Å². The standard InChI is InChI=1S/C16H18O3/c17-15(11-9-13-5-1-2-6-13)19-16(18)12-10-14-7-3-4-8-14/h1-8,13-14H,9-12H2. The Morgan fingerprint density at radius 1 is 0.737 bits per heavy atom. The van der Waals surface area contributed by atoms with Gasteiger partial charge in [0.2, 0.25) is 0 Å². The Labute approximate surface area is 113 Å². The molecule has 2 aliphatic carbocycles. The van der Waals surface area contributed by atoms with Crippen LogP contribution >= 0.6 is 0 Å². The van der Waals surface area contributed by atoms with E-state index in [4.69, 9.17) is 4.74 Å². The molecule has 0 bridgehead atoms. The molecule has 0 saturated carbocycles. The molecule has 0 amide bonds. The zero-order valence-corrected chi connectivity index (χ0v) is 10.8. The molecule has 0 spiro atoms. The summed E-state index contributed by atoms with van der Waals surface area (Å²) in [7, 11) is 0. The van der Waals surface area contributed by atoms with Crippen LogP contribution in [0.25, 0.3) is 0 Å². The maximum Gasteiger partial charge on any atom is 0.313 e. The molecule has 0 aromatic rings. The normalized spacial score (nSPS) is 17.5. The number of carbonyl (C=O) groups is 2. The van der Waals surface area contributed by atoms with Crippen LogP contribution in [0.5, 0.6) is 0 Å². The van der Waals surface area contributed by atoms with Crippen LogP contribution in [0.15, 0.2) is 48.6 Å². The second-order valence-corrected chi connectivity index (χ2v) is 4.79. The van der Waals surface area contributed by atoms with Gasteiger partial charge < -0.3 is 4.74 Å². The maximum atomic E-state index is 11.5. The van der Waals surface area contributed by atoms with Gasteiger partial charge in [-0.25, -0.2) is 0 Å². The highest BCUT2D eigenvalue weighted by Crippen LogP contribution is 2.17. The average Bonchev–Trinajstić information content (AvgIpc) is 3.07. The van der Waals surface area contributed by atoms with Crippen molar-refractivity contribution in [2.45, 2.75) is 25.7 Å². The van der Waals surface area contributed by atoms with Crippen LogP contribution in [0, 0.1) is 11.8 Å². The molecule has 0 heterocycles. The van der Waals surface area contributed by atoms with Crippen LogP contribution in [0.1, 0.15) is 25.7 Å². The Morgan fingerprint density at radius 3 is 1.47 bits per heavy atom. The van der Waals surface area contributed by atoms with Crippen LogP contribution in [0.3, 0.4) is 0 Å². The molecule has 0 aromatic heterocycles. The molecule has 0 atom stereocenters. The van der Waals surface area contributed by atoms with E-state index in [-0.39, 0.29) is 12.8 Å². The van der Waals surface area contributed by atoms with E-state index in [2.05, 4.69) is 0 Å². The molecule has 2 rings (SSSR count). The summed E-state index contributed by atoms with van der Waals surface area (Å²) in [6.07, 6.45) is 18.0.